The van der Waals surface area contributed by atoms with Crippen molar-refractivity contribution in [2.45, 2.75) is 39.2 Å². The molecule has 25 heavy (non-hydrogen) atoms. The third-order valence-electron chi connectivity index (χ3n) is 5.11. The van der Waals surface area contributed by atoms with Gasteiger partial charge in [0.2, 0.25) is 5.91 Å². The predicted molar refractivity (Wildman–Crippen MR) is 98.0 cm³/mol. The van der Waals surface area contributed by atoms with Crippen molar-refractivity contribution < 1.29 is 14.3 Å². The Morgan fingerprint density at radius 3 is 2.72 bits per heavy atom. The van der Waals surface area contributed by atoms with Gasteiger partial charge < -0.3 is 14.4 Å². The minimum Gasteiger partial charge on any atom is -0.493 e. The molecule has 0 aliphatic carbocycles. The van der Waals surface area contributed by atoms with E-state index in [1.54, 1.807) is 0 Å². The molecule has 3 rings (SSSR count). The number of carbonyl (C=O) groups excluding carboxylic acids is 1. The van der Waals surface area contributed by atoms with Crippen LogP contribution < -0.4 is 4.74 Å². The van der Waals surface area contributed by atoms with Crippen molar-refractivity contribution in [1.82, 2.24) is 9.80 Å². The van der Waals surface area contributed by atoms with Gasteiger partial charge in [0.15, 0.2) is 0 Å². The number of amides is 1. The first-order valence-electron chi connectivity index (χ1n) is 9.43. The van der Waals surface area contributed by atoms with E-state index >= 15 is 0 Å². The summed E-state index contributed by atoms with van der Waals surface area (Å²) < 4.78 is 11.5. The predicted octanol–water partition coefficient (Wildman–Crippen LogP) is 2.40. The number of aryl methyl sites for hydroxylation is 2. The second kappa shape index (κ2) is 8.68. The molecule has 0 aromatic heterocycles. The molecule has 0 bridgehead atoms. The van der Waals surface area contributed by atoms with Crippen LogP contribution in [0, 0.1) is 13.8 Å². The van der Waals surface area contributed by atoms with Gasteiger partial charge >= 0.3 is 0 Å². The maximum atomic E-state index is 12.4. The van der Waals surface area contributed by atoms with Gasteiger partial charge in [-0.3, -0.25) is 9.69 Å². The quantitative estimate of drug-likeness (QED) is 0.793. The summed E-state index contributed by atoms with van der Waals surface area (Å²) in [6, 6.07) is 6.13. The number of rotatable bonds is 6. The number of hydrogen-bond acceptors (Lipinski definition) is 4. The van der Waals surface area contributed by atoms with E-state index in [0.717, 1.165) is 50.6 Å². The number of hydrogen-bond donors (Lipinski definition) is 0. The van der Waals surface area contributed by atoms with E-state index in [9.17, 15) is 4.79 Å². The molecule has 2 aliphatic rings. The number of carbonyl (C=O) groups is 1. The first kappa shape index (κ1) is 18.2. The topological polar surface area (TPSA) is 42.0 Å². The third kappa shape index (κ3) is 5.19. The smallest absolute Gasteiger partial charge is 0.226 e. The minimum absolute atomic E-state index is 0.196. The molecule has 2 fully saturated rings. The van der Waals surface area contributed by atoms with E-state index in [0.29, 0.717) is 19.1 Å². The lowest BCUT2D eigenvalue weighted by atomic mass is 10.1. The molecule has 2 saturated heterocycles. The van der Waals surface area contributed by atoms with Crippen LogP contribution in [0.4, 0.5) is 0 Å². The molecule has 0 saturated carbocycles. The van der Waals surface area contributed by atoms with E-state index in [-0.39, 0.29) is 5.91 Å². The Labute approximate surface area is 150 Å². The summed E-state index contributed by atoms with van der Waals surface area (Å²) in [6.45, 7) is 9.99. The van der Waals surface area contributed by atoms with E-state index in [2.05, 4.69) is 17.9 Å². The average molecular weight is 346 g/mol. The Balaban J connectivity index is 1.36. The normalized spacial score (nSPS) is 21.5. The van der Waals surface area contributed by atoms with Crippen molar-refractivity contribution in [2.75, 3.05) is 45.9 Å². The summed E-state index contributed by atoms with van der Waals surface area (Å²) in [5, 5.41) is 0. The van der Waals surface area contributed by atoms with Crippen LogP contribution in [-0.2, 0) is 9.53 Å². The molecule has 1 unspecified atom stereocenters. The Hall–Kier alpha value is -1.59. The largest absolute Gasteiger partial charge is 0.493 e. The molecule has 1 aromatic rings. The molecule has 138 valence electrons. The van der Waals surface area contributed by atoms with E-state index < -0.39 is 0 Å². The molecule has 2 aliphatic heterocycles. The van der Waals surface area contributed by atoms with Crippen molar-refractivity contribution in [3.8, 4) is 5.75 Å². The Morgan fingerprint density at radius 1 is 1.24 bits per heavy atom. The van der Waals surface area contributed by atoms with Gasteiger partial charge in [0.05, 0.1) is 19.1 Å². The van der Waals surface area contributed by atoms with Crippen molar-refractivity contribution in [3.63, 3.8) is 0 Å². The SMILES string of the molecule is Cc1ccc(OCCC(=O)N2CCN(CC3CCCO3)CC2)c(C)c1. The summed E-state index contributed by atoms with van der Waals surface area (Å²) in [5.41, 5.74) is 2.34. The summed E-state index contributed by atoms with van der Waals surface area (Å²) in [7, 11) is 0. The van der Waals surface area contributed by atoms with E-state index in [1.807, 2.05) is 24.0 Å². The van der Waals surface area contributed by atoms with Gasteiger partial charge in [0.1, 0.15) is 5.75 Å². The monoisotopic (exact) mass is 346 g/mol. The lowest BCUT2D eigenvalue weighted by Crippen LogP contribution is -2.50. The lowest BCUT2D eigenvalue weighted by molar-refractivity contribution is -0.133. The standard InChI is InChI=1S/C20H30N2O3/c1-16-5-6-19(17(2)14-16)25-13-7-20(23)22-10-8-21(9-11-22)15-18-4-3-12-24-18/h5-6,14,18H,3-4,7-13,15H2,1-2H3. The van der Waals surface area contributed by atoms with Crippen molar-refractivity contribution in [2.24, 2.45) is 0 Å². The summed E-state index contributed by atoms with van der Waals surface area (Å²) in [4.78, 5) is 16.8. The minimum atomic E-state index is 0.196. The Morgan fingerprint density at radius 2 is 2.04 bits per heavy atom. The maximum Gasteiger partial charge on any atom is 0.226 e. The van der Waals surface area contributed by atoms with E-state index in [4.69, 9.17) is 9.47 Å². The number of ether oxygens (including phenoxy) is 2. The summed E-state index contributed by atoms with van der Waals surface area (Å²) in [5.74, 6) is 1.07. The molecular weight excluding hydrogens is 316 g/mol. The number of nitrogens with zero attached hydrogens (tertiary/aromatic N) is 2. The Kier molecular flexibility index (Phi) is 6.32. The molecule has 0 radical (unpaired) electrons. The zero-order valence-electron chi connectivity index (χ0n) is 15.5. The van der Waals surface area contributed by atoms with Gasteiger partial charge in [0.25, 0.3) is 0 Å². The van der Waals surface area contributed by atoms with Gasteiger partial charge in [-0.1, -0.05) is 17.7 Å². The molecule has 1 atom stereocenters. The van der Waals surface area contributed by atoms with Crippen LogP contribution in [0.5, 0.6) is 5.75 Å². The average Bonchev–Trinajstić information content (AvgIpc) is 3.10. The summed E-state index contributed by atoms with van der Waals surface area (Å²) in [6.07, 6.45) is 3.20. The first-order chi connectivity index (χ1) is 12.1. The molecule has 5 nitrogen and oxygen atoms in total. The van der Waals surface area contributed by atoms with Gasteiger partial charge in [-0.05, 0) is 38.3 Å². The highest BCUT2D eigenvalue weighted by Gasteiger charge is 2.24. The second-order valence-electron chi connectivity index (χ2n) is 7.18. The molecule has 1 amide bonds. The second-order valence-corrected chi connectivity index (χ2v) is 7.18. The number of piperazine rings is 1. The molecular formula is C20H30N2O3. The van der Waals surface area contributed by atoms with Crippen LogP contribution in [0.15, 0.2) is 18.2 Å². The fraction of sp³-hybridized carbons (Fsp3) is 0.650. The highest BCUT2D eigenvalue weighted by molar-refractivity contribution is 5.76. The highest BCUT2D eigenvalue weighted by Crippen LogP contribution is 2.19. The van der Waals surface area contributed by atoms with Crippen LogP contribution in [0.25, 0.3) is 0 Å². The highest BCUT2D eigenvalue weighted by atomic mass is 16.5. The van der Waals surface area contributed by atoms with Crippen LogP contribution in [-0.4, -0.2) is 67.7 Å². The maximum absolute atomic E-state index is 12.4. The number of benzene rings is 1. The summed E-state index contributed by atoms with van der Waals surface area (Å²) >= 11 is 0. The molecule has 2 heterocycles. The van der Waals surface area contributed by atoms with E-state index in [1.165, 1.54) is 18.4 Å². The van der Waals surface area contributed by atoms with Gasteiger partial charge in [0, 0.05) is 39.3 Å². The van der Waals surface area contributed by atoms with Crippen LogP contribution in [0.2, 0.25) is 0 Å². The van der Waals surface area contributed by atoms with Crippen molar-refractivity contribution in [3.05, 3.63) is 29.3 Å². The molecule has 1 aromatic carbocycles. The Bertz CT molecular complexity index is 576. The zero-order valence-corrected chi connectivity index (χ0v) is 15.5. The molecule has 0 N–H and O–H groups in total. The molecule has 5 heteroatoms. The van der Waals surface area contributed by atoms with Gasteiger partial charge in [-0.15, -0.1) is 0 Å². The third-order valence-corrected chi connectivity index (χ3v) is 5.11. The van der Waals surface area contributed by atoms with Gasteiger partial charge in [-0.2, -0.15) is 0 Å². The lowest BCUT2D eigenvalue weighted by Gasteiger charge is -2.35. The van der Waals surface area contributed by atoms with Crippen LogP contribution in [0.1, 0.15) is 30.4 Å². The fourth-order valence-electron chi connectivity index (χ4n) is 3.62. The van der Waals surface area contributed by atoms with Crippen LogP contribution in [0.3, 0.4) is 0 Å². The molecule has 0 spiro atoms. The zero-order chi connectivity index (χ0) is 17.6. The van der Waals surface area contributed by atoms with Gasteiger partial charge in [-0.25, -0.2) is 0 Å². The van der Waals surface area contributed by atoms with Crippen molar-refractivity contribution >= 4 is 5.91 Å². The first-order valence-corrected chi connectivity index (χ1v) is 9.43. The van der Waals surface area contributed by atoms with Crippen molar-refractivity contribution in [1.29, 1.82) is 0 Å². The van der Waals surface area contributed by atoms with Crippen LogP contribution >= 0.6 is 0 Å². The fourth-order valence-corrected chi connectivity index (χ4v) is 3.62.